The highest BCUT2D eigenvalue weighted by molar-refractivity contribution is 5.84. The first kappa shape index (κ1) is 44.4. The number of amides is 1. The zero-order valence-electron chi connectivity index (χ0n) is 23.5. The number of carbonyl (C=O) groups is 2. The number of esters is 1. The van der Waals surface area contributed by atoms with Gasteiger partial charge in [-0.15, -0.1) is 0 Å². The number of rotatable bonds is 16. The van der Waals surface area contributed by atoms with Crippen LogP contribution in [0.4, 0.5) is 92.2 Å². The van der Waals surface area contributed by atoms with Crippen LogP contribution >= 0.6 is 0 Å². The molecule has 1 amide bonds. The SMILES string of the molecule is CC(C)OC(=O)C[N+](C)(C)CCCNC(=O)C(F)(F)C(F)(F)C(F)(F)C(F)(F)C(F)(F)C(F)(F)C(F)(F)C(F)(F)C(F)(F)C(F)(F)F. The summed E-state index contributed by atoms with van der Waals surface area (Å²) in [7, 11) is 2.52. The lowest BCUT2D eigenvalue weighted by atomic mass is 9.86. The Hall–Kier alpha value is -2.57. The van der Waals surface area contributed by atoms with Crippen LogP contribution in [0.1, 0.15) is 20.3 Å². The lowest BCUT2D eigenvalue weighted by Crippen LogP contribution is -2.77. The first-order valence-corrected chi connectivity index (χ1v) is 12.0. The molecule has 26 heteroatoms. The Labute approximate surface area is 248 Å². The standard InChI is InChI=1S/C21H21F21N2O3/c1-9(2)47-10(45)8-44(3,4)7-5-6-43-11(46)12(22,23)13(24,25)14(26,27)15(28,29)16(30,31)17(32,33)18(34,35)19(36,37)20(38,39)21(40,41)42/h9H,5-8H2,1-4H3/p+1. The molecule has 0 saturated heterocycles. The maximum Gasteiger partial charge on any atom is 0.460 e. The van der Waals surface area contributed by atoms with Crippen LogP contribution in [0.2, 0.25) is 0 Å². The van der Waals surface area contributed by atoms with Gasteiger partial charge in [0.25, 0.3) is 5.91 Å². The van der Waals surface area contributed by atoms with Crippen LogP contribution in [0.5, 0.6) is 0 Å². The molecule has 0 aromatic rings. The fraction of sp³-hybridized carbons (Fsp3) is 0.905. The van der Waals surface area contributed by atoms with Gasteiger partial charge >= 0.3 is 65.4 Å². The largest absolute Gasteiger partial charge is 0.460 e. The summed E-state index contributed by atoms with van der Waals surface area (Å²) in [5.74, 6) is -83.5. The molecule has 0 fully saturated rings. The summed E-state index contributed by atoms with van der Waals surface area (Å²) >= 11 is 0. The summed E-state index contributed by atoms with van der Waals surface area (Å²) in [4.78, 5) is 23.2. The van der Waals surface area contributed by atoms with E-state index in [-0.39, 0.29) is 6.54 Å². The number of halogens is 21. The van der Waals surface area contributed by atoms with Gasteiger partial charge in [0.2, 0.25) is 0 Å². The zero-order chi connectivity index (χ0) is 38.5. The van der Waals surface area contributed by atoms with E-state index in [2.05, 4.69) is 0 Å². The number of carbonyl (C=O) groups excluding carboxylic acids is 2. The lowest BCUT2D eigenvalue weighted by molar-refractivity contribution is -0.883. The molecule has 0 aliphatic carbocycles. The van der Waals surface area contributed by atoms with Gasteiger partial charge in [-0.3, -0.25) is 4.79 Å². The Balaban J connectivity index is 6.39. The first-order chi connectivity index (χ1) is 20.2. The van der Waals surface area contributed by atoms with Crippen molar-refractivity contribution in [3.05, 3.63) is 0 Å². The van der Waals surface area contributed by atoms with Crippen LogP contribution in [0.15, 0.2) is 0 Å². The van der Waals surface area contributed by atoms with Gasteiger partial charge in [0.05, 0.1) is 26.7 Å². The van der Waals surface area contributed by atoms with Crippen LogP contribution < -0.4 is 5.32 Å². The molecule has 0 rings (SSSR count). The van der Waals surface area contributed by atoms with Crippen LogP contribution in [0, 0.1) is 0 Å². The van der Waals surface area contributed by atoms with E-state index >= 15 is 0 Å². The van der Waals surface area contributed by atoms with Crippen molar-refractivity contribution in [2.24, 2.45) is 0 Å². The van der Waals surface area contributed by atoms with Crippen molar-refractivity contribution >= 4 is 11.9 Å². The summed E-state index contributed by atoms with van der Waals surface area (Å²) in [5, 5.41) is 0.737. The van der Waals surface area contributed by atoms with Gasteiger partial charge in [-0.25, -0.2) is 4.79 Å². The summed E-state index contributed by atoms with van der Waals surface area (Å²) in [6.07, 6.45) is -9.31. The van der Waals surface area contributed by atoms with Crippen molar-refractivity contribution in [2.45, 2.75) is 85.9 Å². The normalized spacial score (nSPS) is 15.6. The van der Waals surface area contributed by atoms with E-state index in [1.807, 2.05) is 0 Å². The van der Waals surface area contributed by atoms with Gasteiger partial charge in [0.1, 0.15) is 0 Å². The third-order valence-electron chi connectivity index (χ3n) is 5.95. The van der Waals surface area contributed by atoms with Gasteiger partial charge in [-0.05, 0) is 13.8 Å². The van der Waals surface area contributed by atoms with Gasteiger partial charge in [0.15, 0.2) is 6.54 Å². The van der Waals surface area contributed by atoms with Crippen molar-refractivity contribution in [3.8, 4) is 0 Å². The molecule has 0 atom stereocenters. The minimum absolute atomic E-state index is 0.364. The first-order valence-electron chi connectivity index (χ1n) is 12.0. The van der Waals surface area contributed by atoms with Crippen molar-refractivity contribution < 1.29 is 111 Å². The third-order valence-corrected chi connectivity index (χ3v) is 5.95. The number of alkyl halides is 21. The summed E-state index contributed by atoms with van der Waals surface area (Å²) in [6.45, 7) is 0.763. The molecule has 0 heterocycles. The molecule has 0 aliphatic heterocycles. The molecular weight excluding hydrogens is 727 g/mol. The number of hydrogen-bond acceptors (Lipinski definition) is 3. The van der Waals surface area contributed by atoms with E-state index in [1.165, 1.54) is 27.9 Å². The second-order valence-corrected chi connectivity index (χ2v) is 10.6. The molecule has 0 spiro atoms. The minimum Gasteiger partial charge on any atom is -0.459 e. The topological polar surface area (TPSA) is 55.4 Å². The Morgan fingerprint density at radius 1 is 0.574 bits per heavy atom. The fourth-order valence-corrected chi connectivity index (χ4v) is 3.25. The molecule has 0 aromatic heterocycles. The average molecular weight is 749 g/mol. The molecule has 0 radical (unpaired) electrons. The molecule has 1 N–H and O–H groups in total. The molecule has 0 saturated carbocycles. The Morgan fingerprint density at radius 3 is 1.21 bits per heavy atom. The molecule has 0 bridgehead atoms. The number of nitrogens with one attached hydrogen (secondary N) is 1. The van der Waals surface area contributed by atoms with Gasteiger partial charge in [-0.1, -0.05) is 0 Å². The van der Waals surface area contributed by atoms with Crippen molar-refractivity contribution in [1.82, 2.24) is 5.32 Å². The number of nitrogens with zero attached hydrogens (tertiary/aromatic N) is 1. The summed E-state index contributed by atoms with van der Waals surface area (Å²) in [6, 6.07) is 0. The molecule has 0 unspecified atom stereocenters. The third kappa shape index (κ3) is 7.25. The van der Waals surface area contributed by atoms with E-state index in [9.17, 15) is 102 Å². The molecule has 0 aromatic carbocycles. The van der Waals surface area contributed by atoms with E-state index in [4.69, 9.17) is 4.74 Å². The highest BCUT2D eigenvalue weighted by Crippen LogP contribution is 2.66. The van der Waals surface area contributed by atoms with Gasteiger partial charge < -0.3 is 14.5 Å². The predicted octanol–water partition coefficient (Wildman–Crippen LogP) is 6.80. The smallest absolute Gasteiger partial charge is 0.459 e. The van der Waals surface area contributed by atoms with Crippen LogP contribution in [0.25, 0.3) is 0 Å². The van der Waals surface area contributed by atoms with Crippen molar-refractivity contribution in [3.63, 3.8) is 0 Å². The maximum atomic E-state index is 14.0. The van der Waals surface area contributed by atoms with E-state index in [1.54, 1.807) is 0 Å². The van der Waals surface area contributed by atoms with Crippen LogP contribution in [-0.4, -0.2) is 116 Å². The second-order valence-electron chi connectivity index (χ2n) is 10.6. The molecule has 280 valence electrons. The maximum absolute atomic E-state index is 14.0. The lowest BCUT2D eigenvalue weighted by Gasteiger charge is -2.44. The van der Waals surface area contributed by atoms with Crippen LogP contribution in [-0.2, 0) is 14.3 Å². The molecule has 47 heavy (non-hydrogen) atoms. The van der Waals surface area contributed by atoms with Gasteiger partial charge in [0, 0.05) is 13.0 Å². The monoisotopic (exact) mass is 749 g/mol. The van der Waals surface area contributed by atoms with E-state index < -0.39 is 101 Å². The minimum atomic E-state index is -9.29. The number of quaternary nitrogens is 1. The number of hydrogen-bond donors (Lipinski definition) is 1. The summed E-state index contributed by atoms with van der Waals surface area (Å²) in [5.41, 5.74) is 0. The van der Waals surface area contributed by atoms with Crippen LogP contribution in [0.3, 0.4) is 0 Å². The second kappa shape index (κ2) is 12.7. The van der Waals surface area contributed by atoms with E-state index in [0.29, 0.717) is 0 Å². The Bertz CT molecular complexity index is 1130. The quantitative estimate of drug-likeness (QED) is 0.0819. The molecular formula is C21H22F21N2O3+. The predicted molar refractivity (Wildman–Crippen MR) is 111 cm³/mol. The highest BCUT2D eigenvalue weighted by Gasteiger charge is 2.98. The summed E-state index contributed by atoms with van der Waals surface area (Å²) < 4.78 is 286. The fourth-order valence-electron chi connectivity index (χ4n) is 3.25. The zero-order valence-corrected chi connectivity index (χ0v) is 23.5. The Morgan fingerprint density at radius 2 is 0.894 bits per heavy atom. The molecule has 0 aliphatic rings. The van der Waals surface area contributed by atoms with E-state index in [0.717, 1.165) is 5.32 Å². The average Bonchev–Trinajstić information content (AvgIpc) is 2.83. The number of ether oxygens (including phenoxy) is 1. The van der Waals surface area contributed by atoms with Crippen molar-refractivity contribution in [2.75, 3.05) is 33.7 Å². The highest BCUT2D eigenvalue weighted by atomic mass is 19.4. The Kier molecular flexibility index (Phi) is 12.0. The van der Waals surface area contributed by atoms with Crippen molar-refractivity contribution in [1.29, 1.82) is 0 Å². The molecule has 5 nitrogen and oxygen atoms in total. The number of likely N-dealkylation sites (N-methyl/N-ethyl adjacent to an activating group) is 1. The van der Waals surface area contributed by atoms with Gasteiger partial charge in [-0.2, -0.15) is 92.2 Å².